The molecule has 1 aromatic heterocycles. The van der Waals surface area contributed by atoms with Gasteiger partial charge in [-0.3, -0.25) is 9.89 Å². The van der Waals surface area contributed by atoms with Gasteiger partial charge in [0.15, 0.2) is 0 Å². The smallest absolute Gasteiger partial charge is 0.118 e. The van der Waals surface area contributed by atoms with Crippen molar-refractivity contribution in [1.82, 2.24) is 4.90 Å². The molecule has 27 heavy (non-hydrogen) atoms. The predicted molar refractivity (Wildman–Crippen MR) is 115 cm³/mol. The van der Waals surface area contributed by atoms with Crippen molar-refractivity contribution in [3.63, 3.8) is 0 Å². The van der Waals surface area contributed by atoms with Gasteiger partial charge in [-0.05, 0) is 62.8 Å². The number of hydrogen-bond acceptors (Lipinski definition) is 5. The molecule has 2 aliphatic heterocycles. The number of hydrogen-bond donors (Lipinski definition) is 1. The molecule has 1 saturated carbocycles. The van der Waals surface area contributed by atoms with Gasteiger partial charge in [-0.1, -0.05) is 13.8 Å². The Morgan fingerprint density at radius 2 is 1.85 bits per heavy atom. The molecule has 4 nitrogen and oxygen atoms in total. The highest BCUT2D eigenvalue weighted by molar-refractivity contribution is 7.16. The zero-order chi connectivity index (χ0) is 19.2. The van der Waals surface area contributed by atoms with Crippen molar-refractivity contribution in [2.75, 3.05) is 31.6 Å². The fourth-order valence-electron chi connectivity index (χ4n) is 4.72. The van der Waals surface area contributed by atoms with Crippen LogP contribution < -0.4 is 4.90 Å². The van der Waals surface area contributed by atoms with Gasteiger partial charge < -0.3 is 10.0 Å². The van der Waals surface area contributed by atoms with Crippen molar-refractivity contribution in [2.24, 2.45) is 10.4 Å². The molecule has 0 bridgehead atoms. The van der Waals surface area contributed by atoms with Crippen LogP contribution >= 0.6 is 11.3 Å². The normalized spacial score (nSPS) is 27.5. The molecule has 5 heteroatoms. The van der Waals surface area contributed by atoms with Crippen molar-refractivity contribution in [2.45, 2.75) is 77.5 Å². The van der Waals surface area contributed by atoms with E-state index in [0.717, 1.165) is 38.4 Å². The molecule has 4 rings (SSSR count). The number of aliphatic hydroxyl groups excluding tert-OH is 1. The average molecular weight is 390 g/mol. The van der Waals surface area contributed by atoms with E-state index in [1.165, 1.54) is 42.0 Å². The summed E-state index contributed by atoms with van der Waals surface area (Å²) in [6.07, 6.45) is 7.19. The summed E-state index contributed by atoms with van der Waals surface area (Å²) < 4.78 is 0. The molecule has 3 heterocycles. The van der Waals surface area contributed by atoms with Crippen molar-refractivity contribution >= 4 is 22.0 Å². The molecular weight excluding hydrogens is 354 g/mol. The lowest BCUT2D eigenvalue weighted by Crippen LogP contribution is -2.41. The lowest BCUT2D eigenvalue weighted by atomic mass is 9.73. The van der Waals surface area contributed by atoms with Gasteiger partial charge in [-0.2, -0.15) is 0 Å². The first-order valence-corrected chi connectivity index (χ1v) is 11.5. The number of likely N-dealkylation sites (tertiary alicyclic amines) is 1. The van der Waals surface area contributed by atoms with Crippen molar-refractivity contribution < 1.29 is 5.11 Å². The fourth-order valence-corrected chi connectivity index (χ4v) is 6.11. The van der Waals surface area contributed by atoms with E-state index in [0.29, 0.717) is 5.41 Å². The maximum atomic E-state index is 9.79. The molecule has 1 aliphatic carbocycles. The lowest BCUT2D eigenvalue weighted by Gasteiger charge is -2.34. The molecule has 3 aliphatic rings. The Balaban J connectivity index is 1.54. The van der Waals surface area contributed by atoms with Crippen molar-refractivity contribution in [3.05, 3.63) is 16.5 Å². The monoisotopic (exact) mass is 389 g/mol. The van der Waals surface area contributed by atoms with E-state index in [9.17, 15) is 5.11 Å². The molecule has 150 valence electrons. The summed E-state index contributed by atoms with van der Waals surface area (Å²) in [4.78, 5) is 11.4. The van der Waals surface area contributed by atoms with Crippen LogP contribution in [0.1, 0.15) is 75.7 Å². The Kier molecular flexibility index (Phi) is 5.38. The first-order valence-electron chi connectivity index (χ1n) is 10.7. The summed E-state index contributed by atoms with van der Waals surface area (Å²) in [6, 6.07) is 2.46. The molecule has 1 atom stereocenters. The SMILES string of the molecule is CC1N=C(CN2CCC(O)CC2)c2cc(C3CCC(C)(C)CC3)sc2N1C. The van der Waals surface area contributed by atoms with E-state index in [1.807, 2.05) is 11.3 Å². The fraction of sp³-hybridized carbons (Fsp3) is 0.773. The maximum Gasteiger partial charge on any atom is 0.118 e. The number of piperidine rings is 1. The molecule has 0 amide bonds. The van der Waals surface area contributed by atoms with Gasteiger partial charge in [0.1, 0.15) is 11.2 Å². The van der Waals surface area contributed by atoms with E-state index in [2.05, 4.69) is 43.7 Å². The van der Waals surface area contributed by atoms with E-state index in [4.69, 9.17) is 4.99 Å². The largest absolute Gasteiger partial charge is 0.393 e. The molecule has 0 radical (unpaired) electrons. The molecule has 0 spiro atoms. The zero-order valence-corrected chi connectivity index (χ0v) is 18.2. The highest BCUT2D eigenvalue weighted by atomic mass is 32.1. The highest BCUT2D eigenvalue weighted by Crippen LogP contribution is 2.47. The van der Waals surface area contributed by atoms with Crippen LogP contribution in [0.15, 0.2) is 11.1 Å². The zero-order valence-electron chi connectivity index (χ0n) is 17.4. The second-order valence-corrected chi connectivity index (χ2v) is 10.7. The Hall–Kier alpha value is -0.910. The molecule has 1 unspecified atom stereocenters. The summed E-state index contributed by atoms with van der Waals surface area (Å²) in [5.41, 5.74) is 3.14. The molecule has 2 fully saturated rings. The molecule has 1 saturated heterocycles. The van der Waals surface area contributed by atoms with Crippen molar-refractivity contribution in [1.29, 1.82) is 0 Å². The number of anilines is 1. The summed E-state index contributed by atoms with van der Waals surface area (Å²) in [5, 5.41) is 11.2. The van der Waals surface area contributed by atoms with Gasteiger partial charge in [0, 0.05) is 37.1 Å². The quantitative estimate of drug-likeness (QED) is 0.829. The summed E-state index contributed by atoms with van der Waals surface area (Å²) in [5.74, 6) is 0.726. The Labute approximate surface area is 168 Å². The summed E-state index contributed by atoms with van der Waals surface area (Å²) in [7, 11) is 2.19. The number of aliphatic hydroxyl groups is 1. The average Bonchev–Trinajstić information content (AvgIpc) is 3.07. The van der Waals surface area contributed by atoms with Crippen LogP contribution in [0.2, 0.25) is 0 Å². The standard InChI is InChI=1S/C22H35N3OS/c1-15-23-19(14-25-11-7-17(26)8-12-25)18-13-20(27-21(18)24(15)4)16-5-9-22(2,3)10-6-16/h13,15-17,26H,5-12,14H2,1-4H3. The lowest BCUT2D eigenvalue weighted by molar-refractivity contribution is 0.0897. The number of nitrogens with zero attached hydrogens (tertiary/aromatic N) is 3. The molecule has 0 aromatic carbocycles. The number of aliphatic imine (C=N–C) groups is 1. The second-order valence-electron chi connectivity index (χ2n) is 9.63. The molecule has 1 N–H and O–H groups in total. The van der Waals surface area contributed by atoms with E-state index < -0.39 is 0 Å². The van der Waals surface area contributed by atoms with Crippen LogP contribution in [0, 0.1) is 5.41 Å². The minimum Gasteiger partial charge on any atom is -0.393 e. The van der Waals surface area contributed by atoms with Crippen LogP contribution in [-0.4, -0.2) is 54.7 Å². The predicted octanol–water partition coefficient (Wildman–Crippen LogP) is 4.47. The van der Waals surface area contributed by atoms with E-state index in [1.54, 1.807) is 4.88 Å². The van der Waals surface area contributed by atoms with Crippen LogP contribution in [-0.2, 0) is 0 Å². The minimum absolute atomic E-state index is 0.113. The first-order chi connectivity index (χ1) is 12.8. The molecular formula is C22H35N3OS. The van der Waals surface area contributed by atoms with E-state index in [-0.39, 0.29) is 12.3 Å². The summed E-state index contributed by atoms with van der Waals surface area (Å²) >= 11 is 2.01. The number of thiophene rings is 1. The van der Waals surface area contributed by atoms with Crippen LogP contribution in [0.4, 0.5) is 5.00 Å². The van der Waals surface area contributed by atoms with Crippen molar-refractivity contribution in [3.8, 4) is 0 Å². The Morgan fingerprint density at radius 1 is 1.19 bits per heavy atom. The van der Waals surface area contributed by atoms with Gasteiger partial charge in [0.05, 0.1) is 11.8 Å². The third kappa shape index (κ3) is 4.10. The Morgan fingerprint density at radius 3 is 2.52 bits per heavy atom. The number of fused-ring (bicyclic) bond motifs is 1. The third-order valence-electron chi connectivity index (χ3n) is 6.94. The van der Waals surface area contributed by atoms with Crippen LogP contribution in [0.25, 0.3) is 0 Å². The maximum absolute atomic E-state index is 9.79. The van der Waals surface area contributed by atoms with Gasteiger partial charge in [0.2, 0.25) is 0 Å². The Bertz CT molecular complexity index is 692. The van der Waals surface area contributed by atoms with Gasteiger partial charge in [-0.25, -0.2) is 0 Å². The second kappa shape index (κ2) is 7.49. The third-order valence-corrected chi connectivity index (χ3v) is 8.33. The summed E-state index contributed by atoms with van der Waals surface area (Å²) in [6.45, 7) is 9.91. The first kappa shape index (κ1) is 19.4. The van der Waals surface area contributed by atoms with Gasteiger partial charge in [-0.15, -0.1) is 11.3 Å². The van der Waals surface area contributed by atoms with Crippen LogP contribution in [0.5, 0.6) is 0 Å². The van der Waals surface area contributed by atoms with Gasteiger partial charge >= 0.3 is 0 Å². The van der Waals surface area contributed by atoms with Crippen LogP contribution in [0.3, 0.4) is 0 Å². The minimum atomic E-state index is -0.113. The highest BCUT2D eigenvalue weighted by Gasteiger charge is 2.32. The van der Waals surface area contributed by atoms with E-state index >= 15 is 0 Å². The topological polar surface area (TPSA) is 39.1 Å². The van der Waals surface area contributed by atoms with Gasteiger partial charge in [0.25, 0.3) is 0 Å². The molecule has 1 aromatic rings. The number of rotatable bonds is 3.